The molecule has 172 valence electrons. The molecule has 2 heterocycles. The van der Waals surface area contributed by atoms with Gasteiger partial charge < -0.3 is 10.3 Å². The second kappa shape index (κ2) is 8.12. The van der Waals surface area contributed by atoms with E-state index in [9.17, 15) is 18.0 Å². The lowest BCUT2D eigenvalue weighted by Crippen LogP contribution is -2.45. The highest BCUT2D eigenvalue weighted by molar-refractivity contribution is 6.31. The van der Waals surface area contributed by atoms with Gasteiger partial charge in [-0.15, -0.1) is 0 Å². The van der Waals surface area contributed by atoms with Crippen LogP contribution in [0.5, 0.6) is 0 Å². The smallest absolute Gasteiger partial charge is 0.338 e. The summed E-state index contributed by atoms with van der Waals surface area (Å²) >= 11 is 6.28. The average Bonchev–Trinajstić information content (AvgIpc) is 3.41. The maximum absolute atomic E-state index is 13.7. The Morgan fingerprint density at radius 1 is 1.25 bits per heavy atom. The fourth-order valence-electron chi connectivity index (χ4n) is 3.65. The molecule has 1 aliphatic carbocycles. The summed E-state index contributed by atoms with van der Waals surface area (Å²) in [7, 11) is 0. The number of aromatic amines is 1. The van der Waals surface area contributed by atoms with E-state index in [1.165, 1.54) is 18.2 Å². The first-order valence-corrected chi connectivity index (χ1v) is 10.8. The number of halogens is 4. The first-order valence-electron chi connectivity index (χ1n) is 10.4. The Morgan fingerprint density at radius 3 is 2.56 bits per heavy atom. The number of benzene rings is 1. The lowest BCUT2D eigenvalue weighted by atomic mass is 10.0. The summed E-state index contributed by atoms with van der Waals surface area (Å²) in [5, 5.41) is 10.6. The van der Waals surface area contributed by atoms with Crippen LogP contribution in [0.4, 0.5) is 24.7 Å². The molecule has 0 radical (unpaired) electrons. The monoisotopic (exact) mass is 467 g/mol. The highest BCUT2D eigenvalue weighted by Gasteiger charge is 2.43. The van der Waals surface area contributed by atoms with Crippen LogP contribution in [0.15, 0.2) is 35.3 Å². The molecule has 1 atom stereocenters. The number of alkyl halides is 3. The van der Waals surface area contributed by atoms with E-state index in [4.69, 9.17) is 11.6 Å². The van der Waals surface area contributed by atoms with Crippen molar-refractivity contribution in [3.8, 4) is 0 Å². The Hall–Kier alpha value is -2.52. The van der Waals surface area contributed by atoms with Gasteiger partial charge in [0.2, 0.25) is 0 Å². The molecule has 0 aliphatic heterocycles. The molecular formula is C22H25ClF3N5O. The minimum absolute atomic E-state index is 0.0373. The van der Waals surface area contributed by atoms with Gasteiger partial charge in [0.15, 0.2) is 5.82 Å². The molecular weight excluding hydrogens is 443 g/mol. The van der Waals surface area contributed by atoms with E-state index in [1.807, 2.05) is 0 Å². The number of anilines is 2. The quantitative estimate of drug-likeness (QED) is 0.446. The molecule has 1 aliphatic rings. The summed E-state index contributed by atoms with van der Waals surface area (Å²) in [5.74, 6) is 0.889. The minimum atomic E-state index is -4.52. The predicted molar refractivity (Wildman–Crippen MR) is 119 cm³/mol. The fraction of sp³-hybridized carbons (Fsp3) is 0.455. The van der Waals surface area contributed by atoms with Gasteiger partial charge >= 0.3 is 6.18 Å². The normalized spacial score (nSPS) is 15.8. The summed E-state index contributed by atoms with van der Waals surface area (Å²) in [6.07, 6.45) is -0.678. The van der Waals surface area contributed by atoms with Crippen molar-refractivity contribution >= 4 is 34.0 Å². The number of hydrogen-bond donors (Lipinski definition) is 3. The lowest BCUT2D eigenvalue weighted by molar-refractivity contribution is -0.161. The maximum Gasteiger partial charge on any atom is 0.407 e. The van der Waals surface area contributed by atoms with E-state index in [0.717, 1.165) is 12.8 Å². The first kappa shape index (κ1) is 22.7. The van der Waals surface area contributed by atoms with E-state index in [0.29, 0.717) is 34.9 Å². The van der Waals surface area contributed by atoms with Gasteiger partial charge in [-0.2, -0.15) is 18.3 Å². The number of aromatic nitrogens is 3. The van der Waals surface area contributed by atoms with Crippen LogP contribution in [-0.4, -0.2) is 26.5 Å². The zero-order valence-corrected chi connectivity index (χ0v) is 18.7. The van der Waals surface area contributed by atoms with Crippen LogP contribution in [0.25, 0.3) is 10.9 Å². The Kier molecular flexibility index (Phi) is 5.75. The number of nitrogens with zero attached hydrogens (tertiary/aromatic N) is 2. The highest BCUT2D eigenvalue weighted by Crippen LogP contribution is 2.39. The van der Waals surface area contributed by atoms with Crippen LogP contribution < -0.4 is 16.2 Å². The SMILES string of the molecule is CC(C)(C)NC(c1ccc(Nc2nn(CC3CC3)c3cc[nH]c(=O)c23)cc1Cl)C(F)(F)F. The molecule has 3 N–H and O–H groups in total. The molecule has 1 fully saturated rings. The molecule has 3 aromatic rings. The summed E-state index contributed by atoms with van der Waals surface area (Å²) in [6.45, 7) is 5.70. The third-order valence-electron chi connectivity index (χ3n) is 5.28. The zero-order chi connectivity index (χ0) is 23.3. The van der Waals surface area contributed by atoms with E-state index < -0.39 is 17.8 Å². The number of hydrogen-bond acceptors (Lipinski definition) is 4. The lowest BCUT2D eigenvalue weighted by Gasteiger charge is -2.31. The predicted octanol–water partition coefficient (Wildman–Crippen LogP) is 5.52. The van der Waals surface area contributed by atoms with Crippen LogP contribution in [0.2, 0.25) is 5.02 Å². The van der Waals surface area contributed by atoms with Gasteiger partial charge in [-0.25, -0.2) is 0 Å². The number of nitrogens with one attached hydrogen (secondary N) is 3. The number of fused-ring (bicyclic) bond motifs is 1. The third-order valence-corrected chi connectivity index (χ3v) is 5.61. The molecule has 2 aromatic heterocycles. The van der Waals surface area contributed by atoms with Crippen molar-refractivity contribution in [2.24, 2.45) is 5.92 Å². The molecule has 0 spiro atoms. The van der Waals surface area contributed by atoms with Crippen LogP contribution >= 0.6 is 11.6 Å². The average molecular weight is 468 g/mol. The van der Waals surface area contributed by atoms with Crippen molar-refractivity contribution < 1.29 is 13.2 Å². The zero-order valence-electron chi connectivity index (χ0n) is 18.0. The largest absolute Gasteiger partial charge is 0.407 e. The van der Waals surface area contributed by atoms with Gasteiger partial charge in [0.05, 0.1) is 5.52 Å². The molecule has 1 aromatic carbocycles. The summed E-state index contributed by atoms with van der Waals surface area (Å²) in [4.78, 5) is 15.1. The second-order valence-electron chi connectivity index (χ2n) is 9.27. The standard InChI is InChI=1S/C22H25ClF3N5O/c1-21(2,3)29-18(22(24,25)26)14-7-6-13(10-15(14)23)28-19-17-16(8-9-27-20(17)32)31(30-19)11-12-4-5-12/h6-10,12,18,29H,4-5,11H2,1-3H3,(H,27,32)(H,28,30). The van der Waals surface area contributed by atoms with Gasteiger partial charge in [0.1, 0.15) is 11.4 Å². The number of rotatable bonds is 6. The molecule has 0 bridgehead atoms. The Morgan fingerprint density at radius 2 is 1.97 bits per heavy atom. The van der Waals surface area contributed by atoms with Crippen molar-refractivity contribution in [1.82, 2.24) is 20.1 Å². The van der Waals surface area contributed by atoms with Crippen molar-refractivity contribution in [2.45, 2.75) is 57.9 Å². The third kappa shape index (κ3) is 4.94. The van der Waals surface area contributed by atoms with E-state index in [2.05, 4.69) is 20.7 Å². The van der Waals surface area contributed by atoms with Crippen LogP contribution in [0, 0.1) is 5.92 Å². The van der Waals surface area contributed by atoms with Crippen molar-refractivity contribution in [1.29, 1.82) is 0 Å². The van der Waals surface area contributed by atoms with Crippen molar-refractivity contribution in [3.63, 3.8) is 0 Å². The maximum atomic E-state index is 13.7. The van der Waals surface area contributed by atoms with E-state index in [1.54, 1.807) is 37.7 Å². The molecule has 0 saturated heterocycles. The van der Waals surface area contributed by atoms with Gasteiger partial charge in [0.25, 0.3) is 5.56 Å². The Labute approximate surface area is 188 Å². The topological polar surface area (TPSA) is 74.7 Å². The molecule has 1 saturated carbocycles. The van der Waals surface area contributed by atoms with Gasteiger partial charge in [-0.3, -0.25) is 14.8 Å². The molecule has 6 nitrogen and oxygen atoms in total. The number of H-pyrrole nitrogens is 1. The van der Waals surface area contributed by atoms with Gasteiger partial charge in [-0.1, -0.05) is 17.7 Å². The van der Waals surface area contributed by atoms with Crippen molar-refractivity contribution in [2.75, 3.05) is 5.32 Å². The highest BCUT2D eigenvalue weighted by atomic mass is 35.5. The minimum Gasteiger partial charge on any atom is -0.338 e. The summed E-state index contributed by atoms with van der Waals surface area (Å²) < 4.78 is 42.9. The van der Waals surface area contributed by atoms with Gasteiger partial charge in [-0.05, 0) is 63.3 Å². The van der Waals surface area contributed by atoms with Crippen LogP contribution in [-0.2, 0) is 6.54 Å². The van der Waals surface area contributed by atoms with Crippen molar-refractivity contribution in [3.05, 3.63) is 51.4 Å². The van der Waals surface area contributed by atoms with Crippen LogP contribution in [0.3, 0.4) is 0 Å². The molecule has 4 rings (SSSR count). The first-order chi connectivity index (χ1) is 14.9. The summed E-state index contributed by atoms with van der Waals surface area (Å²) in [6, 6.07) is 4.15. The second-order valence-corrected chi connectivity index (χ2v) is 9.68. The molecule has 1 unspecified atom stereocenters. The fourth-order valence-corrected chi connectivity index (χ4v) is 3.94. The van der Waals surface area contributed by atoms with Gasteiger partial charge in [0, 0.05) is 29.0 Å². The van der Waals surface area contributed by atoms with E-state index in [-0.39, 0.29) is 16.1 Å². The molecule has 32 heavy (non-hydrogen) atoms. The Bertz CT molecular complexity index is 1190. The van der Waals surface area contributed by atoms with Crippen LogP contribution in [0.1, 0.15) is 45.2 Å². The van der Waals surface area contributed by atoms with E-state index >= 15 is 0 Å². The number of pyridine rings is 1. The molecule has 10 heteroatoms. The Balaban J connectivity index is 1.67. The summed E-state index contributed by atoms with van der Waals surface area (Å²) in [5.41, 5.74) is 0.0197. The molecule has 0 amide bonds.